The van der Waals surface area contributed by atoms with Crippen molar-refractivity contribution in [1.82, 2.24) is 10.2 Å². The Morgan fingerprint density at radius 3 is 2.31 bits per heavy atom. The summed E-state index contributed by atoms with van der Waals surface area (Å²) in [5.74, 6) is -3.71. The first-order valence-electron chi connectivity index (χ1n) is 10.5. The number of hydrogen-bond donors (Lipinski definition) is 2. The lowest BCUT2D eigenvalue weighted by Gasteiger charge is -2.34. The molecule has 0 radical (unpaired) electrons. The van der Waals surface area contributed by atoms with E-state index in [1.165, 1.54) is 0 Å². The molecule has 2 amide bonds. The van der Waals surface area contributed by atoms with Crippen molar-refractivity contribution in [3.63, 3.8) is 0 Å². The van der Waals surface area contributed by atoms with E-state index in [4.69, 9.17) is 9.84 Å². The lowest BCUT2D eigenvalue weighted by Crippen LogP contribution is -2.55. The molecule has 1 aliphatic rings. The van der Waals surface area contributed by atoms with Crippen LogP contribution in [0.5, 0.6) is 0 Å². The Bertz CT molecular complexity index is 996. The van der Waals surface area contributed by atoms with Gasteiger partial charge in [0.05, 0.1) is 17.5 Å². The van der Waals surface area contributed by atoms with E-state index in [0.29, 0.717) is 25.0 Å². The van der Waals surface area contributed by atoms with Gasteiger partial charge in [-0.3, -0.25) is 19.3 Å². The number of nitrogens with zero attached hydrogens (tertiary/aromatic N) is 1. The predicted molar refractivity (Wildman–Crippen MR) is 106 cm³/mol. The largest absolute Gasteiger partial charge is 0.481 e. The molecule has 200 valence electrons. The summed E-state index contributed by atoms with van der Waals surface area (Å²) in [6, 6.07) is -2.19. The fourth-order valence-corrected chi connectivity index (χ4v) is 3.57. The molecule has 36 heavy (non-hydrogen) atoms. The molecule has 1 fully saturated rings. The Morgan fingerprint density at radius 2 is 1.75 bits per heavy atom. The third-order valence-electron chi connectivity index (χ3n) is 5.35. The minimum atomic E-state index is -5.18. The van der Waals surface area contributed by atoms with Crippen molar-refractivity contribution in [3.05, 3.63) is 34.9 Å². The number of Topliss-reactive ketones (excluding diaryl/α,β-unsaturated/α-hetero) is 1. The topological polar surface area (TPSA) is 113 Å². The van der Waals surface area contributed by atoms with E-state index in [0.717, 1.165) is 4.90 Å². The van der Waals surface area contributed by atoms with Crippen LogP contribution in [0.25, 0.3) is 0 Å². The van der Waals surface area contributed by atoms with Gasteiger partial charge in [-0.2, -0.15) is 26.3 Å². The minimum Gasteiger partial charge on any atom is -0.481 e. The molecule has 0 aromatic heterocycles. The van der Waals surface area contributed by atoms with E-state index in [2.05, 4.69) is 5.32 Å². The van der Waals surface area contributed by atoms with Crippen molar-refractivity contribution < 1.29 is 59.8 Å². The molecule has 1 aromatic rings. The highest BCUT2D eigenvalue weighted by atomic mass is 19.4. The summed E-state index contributed by atoms with van der Waals surface area (Å²) in [5.41, 5.74) is -3.95. The van der Waals surface area contributed by atoms with Gasteiger partial charge in [0.15, 0.2) is 5.78 Å². The zero-order chi connectivity index (χ0) is 27.3. The summed E-state index contributed by atoms with van der Waals surface area (Å²) >= 11 is 0. The van der Waals surface area contributed by atoms with Gasteiger partial charge in [0.25, 0.3) is 0 Å². The van der Waals surface area contributed by atoms with Gasteiger partial charge in [-0.25, -0.2) is 9.18 Å². The number of ketones is 1. The van der Waals surface area contributed by atoms with Crippen LogP contribution in [0.1, 0.15) is 42.4 Å². The highest BCUT2D eigenvalue weighted by Crippen LogP contribution is 2.37. The number of carboxylic acid groups (broad SMARTS) is 1. The number of benzene rings is 1. The molecule has 1 unspecified atom stereocenters. The van der Waals surface area contributed by atoms with Crippen LogP contribution in [0.3, 0.4) is 0 Å². The van der Waals surface area contributed by atoms with Crippen LogP contribution in [-0.4, -0.2) is 59.1 Å². The Morgan fingerprint density at radius 1 is 1.08 bits per heavy atom. The van der Waals surface area contributed by atoms with E-state index >= 15 is 0 Å². The second-order valence-electron chi connectivity index (χ2n) is 7.89. The summed E-state index contributed by atoms with van der Waals surface area (Å²) in [7, 11) is 0. The molecule has 1 saturated heterocycles. The molecular weight excluding hydrogens is 509 g/mol. The number of piperidine rings is 1. The number of aliphatic carboxylic acids is 1. The molecule has 2 N–H and O–H groups in total. The fraction of sp³-hybridized carbons (Fsp3) is 0.524. The number of halogens is 7. The molecule has 15 heteroatoms. The quantitative estimate of drug-likeness (QED) is 0.496. The molecule has 0 bridgehead atoms. The van der Waals surface area contributed by atoms with Crippen LogP contribution < -0.4 is 5.32 Å². The molecule has 8 nitrogen and oxygen atoms in total. The first-order chi connectivity index (χ1) is 16.6. The number of ether oxygens (including phenoxy) is 1. The van der Waals surface area contributed by atoms with E-state index in [9.17, 15) is 49.9 Å². The van der Waals surface area contributed by atoms with Gasteiger partial charge in [0.2, 0.25) is 5.91 Å². The van der Waals surface area contributed by atoms with E-state index in [1.807, 2.05) is 0 Å². The summed E-state index contributed by atoms with van der Waals surface area (Å²) in [6.07, 6.45) is -11.6. The number of carbonyl (C=O) groups is 4. The molecule has 1 heterocycles. The molecule has 1 aromatic carbocycles. The number of alkyl halides is 7. The highest BCUT2D eigenvalue weighted by molar-refractivity contribution is 5.94. The third kappa shape index (κ3) is 7.55. The average Bonchev–Trinajstić information content (AvgIpc) is 2.79. The van der Waals surface area contributed by atoms with E-state index < -0.39 is 84.6 Å². The molecule has 2 atom stereocenters. The Labute approximate surface area is 199 Å². The number of hydrogen-bond acceptors (Lipinski definition) is 5. The van der Waals surface area contributed by atoms with Crippen LogP contribution in [0.15, 0.2) is 18.2 Å². The number of carboxylic acids is 1. The van der Waals surface area contributed by atoms with Crippen LogP contribution in [-0.2, 0) is 38.1 Å². The summed E-state index contributed by atoms with van der Waals surface area (Å²) in [5, 5.41) is 10.9. The number of rotatable bonds is 8. The summed E-state index contributed by atoms with van der Waals surface area (Å²) in [6.45, 7) is -2.70. The number of nitrogens with one attached hydrogen (secondary N) is 1. The summed E-state index contributed by atoms with van der Waals surface area (Å²) < 4.78 is 96.0. The van der Waals surface area contributed by atoms with Crippen LogP contribution in [0.2, 0.25) is 0 Å². The van der Waals surface area contributed by atoms with Gasteiger partial charge >= 0.3 is 24.4 Å². The second-order valence-corrected chi connectivity index (χ2v) is 7.89. The number of carbonyl (C=O) groups excluding carboxylic acids is 3. The van der Waals surface area contributed by atoms with Crippen molar-refractivity contribution in [2.75, 3.05) is 13.2 Å². The third-order valence-corrected chi connectivity index (χ3v) is 5.35. The fourth-order valence-electron chi connectivity index (χ4n) is 3.57. The van der Waals surface area contributed by atoms with E-state index in [-0.39, 0.29) is 19.0 Å². The van der Waals surface area contributed by atoms with Crippen molar-refractivity contribution in [2.45, 2.75) is 56.7 Å². The highest BCUT2D eigenvalue weighted by Gasteiger charge is 2.39. The Balaban J connectivity index is 2.18. The maximum Gasteiger partial charge on any atom is 0.416 e. The lowest BCUT2D eigenvalue weighted by atomic mass is 10.0. The van der Waals surface area contributed by atoms with Crippen LogP contribution in [0.4, 0.5) is 35.5 Å². The van der Waals surface area contributed by atoms with E-state index in [1.54, 1.807) is 0 Å². The van der Waals surface area contributed by atoms with Gasteiger partial charge < -0.3 is 15.2 Å². The predicted octanol–water partition coefficient (Wildman–Crippen LogP) is 3.71. The van der Waals surface area contributed by atoms with Crippen molar-refractivity contribution in [3.8, 4) is 0 Å². The van der Waals surface area contributed by atoms with Gasteiger partial charge in [-0.1, -0.05) is 6.07 Å². The second kappa shape index (κ2) is 11.6. The molecule has 0 aliphatic carbocycles. The molecular formula is C21H21F7N2O6. The van der Waals surface area contributed by atoms with Crippen molar-refractivity contribution in [2.24, 2.45) is 0 Å². The Kier molecular flexibility index (Phi) is 9.26. The number of likely N-dealkylation sites (tertiary alicyclic amines) is 1. The monoisotopic (exact) mass is 530 g/mol. The minimum absolute atomic E-state index is 0.0264. The first kappa shape index (κ1) is 28.8. The van der Waals surface area contributed by atoms with Gasteiger partial charge in [-0.15, -0.1) is 0 Å². The SMILES string of the molecule is O=C(O)CC(NC(=O)[C@@H]1CCCCN1C(=O)OCc1ccc(C(F)(F)F)cc1C(F)(F)F)C(=O)CF. The zero-order valence-corrected chi connectivity index (χ0v) is 18.4. The van der Waals surface area contributed by atoms with Crippen LogP contribution in [0, 0.1) is 0 Å². The smallest absolute Gasteiger partial charge is 0.416 e. The van der Waals surface area contributed by atoms with Crippen LogP contribution >= 0.6 is 0 Å². The molecule has 0 spiro atoms. The number of amides is 2. The van der Waals surface area contributed by atoms with Crippen molar-refractivity contribution in [1.29, 1.82) is 0 Å². The first-order valence-corrected chi connectivity index (χ1v) is 10.5. The summed E-state index contributed by atoms with van der Waals surface area (Å²) in [4.78, 5) is 48.6. The maximum absolute atomic E-state index is 13.3. The Hall–Kier alpha value is -3.39. The van der Waals surface area contributed by atoms with Crippen molar-refractivity contribution >= 4 is 23.8 Å². The van der Waals surface area contributed by atoms with Gasteiger partial charge in [0.1, 0.15) is 25.4 Å². The zero-order valence-electron chi connectivity index (χ0n) is 18.4. The average molecular weight is 530 g/mol. The van der Waals surface area contributed by atoms with Gasteiger partial charge in [0, 0.05) is 12.1 Å². The normalized spacial score (nSPS) is 17.3. The standard InChI is InChI=1S/C21H21F7N2O6/c22-9-16(31)14(8-17(32)33)29-18(34)15-3-1-2-6-30(15)19(35)36-10-11-4-5-12(20(23,24)25)7-13(11)21(26,27)28/h4-5,7,14-15H,1-3,6,8-10H2,(H,29,34)(H,32,33)/t14?,15-/m0/s1. The maximum atomic E-state index is 13.3. The molecule has 1 aliphatic heterocycles. The van der Waals surface area contributed by atoms with Gasteiger partial charge in [-0.05, 0) is 31.4 Å². The molecule has 2 rings (SSSR count). The lowest BCUT2D eigenvalue weighted by molar-refractivity contribution is -0.144. The molecule has 0 saturated carbocycles.